The van der Waals surface area contributed by atoms with Gasteiger partial charge in [0, 0.05) is 0 Å². The zero-order chi connectivity index (χ0) is 14.3. The normalized spacial score (nSPS) is 38.3. The van der Waals surface area contributed by atoms with Crippen molar-refractivity contribution in [2.24, 2.45) is 28.1 Å². The van der Waals surface area contributed by atoms with Crippen molar-refractivity contribution in [3.05, 3.63) is 5.92 Å². The summed E-state index contributed by atoms with van der Waals surface area (Å²) in [6.45, 7) is 14.0. The number of hydrogen-bond donors (Lipinski definition) is 0. The quantitative estimate of drug-likeness (QED) is 0.478. The van der Waals surface area contributed by atoms with Gasteiger partial charge >= 0.3 is 0 Å². The molecule has 2 aliphatic rings. The summed E-state index contributed by atoms with van der Waals surface area (Å²) in [6.07, 6.45) is 0. The molecule has 2 rings (SSSR count). The van der Waals surface area contributed by atoms with E-state index in [1.165, 1.54) is 0 Å². The van der Waals surface area contributed by atoms with Crippen molar-refractivity contribution >= 4 is 55.1 Å². The molecule has 2 aliphatic carbocycles. The Hall–Kier alpha value is 1.54. The molecule has 0 spiro atoms. The fraction of sp³-hybridized carbons (Fsp3) is 0.929. The first kappa shape index (κ1) is 15.9. The van der Waals surface area contributed by atoms with Gasteiger partial charge in [0.1, 0.15) is 0 Å². The summed E-state index contributed by atoms with van der Waals surface area (Å²) >= 11 is 19.5. The third kappa shape index (κ3) is 2.04. The first-order chi connectivity index (χ1) is 7.77. The van der Waals surface area contributed by atoms with Crippen LogP contribution in [-0.2, 0) is 0 Å². The highest BCUT2D eigenvalue weighted by molar-refractivity contribution is 9.13. The molecule has 0 bridgehead atoms. The summed E-state index contributed by atoms with van der Waals surface area (Å²) in [5.41, 5.74) is 0.950. The van der Waals surface area contributed by atoms with E-state index in [-0.39, 0.29) is 10.2 Å². The maximum Gasteiger partial charge on any atom is 0.184 e. The van der Waals surface area contributed by atoms with Gasteiger partial charge < -0.3 is 0 Å². The molecule has 4 heteroatoms. The molecular weight excluding hydrogens is 399 g/mol. The minimum absolute atomic E-state index is 0.0630. The summed E-state index contributed by atoms with van der Waals surface area (Å²) in [4.78, 5) is 0.0630. The molecule has 0 nitrogen and oxygen atoms in total. The lowest BCUT2D eigenvalue weighted by Crippen LogP contribution is -2.23. The molecule has 3 unspecified atom stereocenters. The number of rotatable bonds is 3. The molecule has 105 valence electrons. The number of halogens is 4. The highest BCUT2D eigenvalue weighted by Crippen LogP contribution is 2.83. The molecule has 2 saturated carbocycles. The standard InChI is InChI=1S/C14H21Br2Cl2/c1-11(2)7(8(11)10(15)14(16,17)18)9-12(3,4)13(9,5)6/h7-8,10H,1-6H3. The van der Waals surface area contributed by atoms with Crippen LogP contribution >= 0.6 is 55.1 Å². The Morgan fingerprint density at radius 2 is 1.44 bits per heavy atom. The summed E-state index contributed by atoms with van der Waals surface area (Å²) in [7, 11) is 0. The lowest BCUT2D eigenvalue weighted by molar-refractivity contribution is 0.457. The van der Waals surface area contributed by atoms with Crippen LogP contribution in [0.1, 0.15) is 41.5 Å². The van der Waals surface area contributed by atoms with E-state index >= 15 is 0 Å². The predicted octanol–water partition coefficient (Wildman–Crippen LogP) is 6.19. The van der Waals surface area contributed by atoms with Gasteiger partial charge in [0.2, 0.25) is 0 Å². The van der Waals surface area contributed by atoms with E-state index in [1.807, 2.05) is 0 Å². The topological polar surface area (TPSA) is 0 Å². The van der Waals surface area contributed by atoms with Crippen LogP contribution in [0.15, 0.2) is 0 Å². The Kier molecular flexibility index (Phi) is 3.58. The second kappa shape index (κ2) is 4.05. The first-order valence-corrected chi connectivity index (χ1v) is 8.82. The minimum Gasteiger partial charge on any atom is -0.0875 e. The van der Waals surface area contributed by atoms with E-state index in [2.05, 4.69) is 73.4 Å². The predicted molar refractivity (Wildman–Crippen MR) is 87.6 cm³/mol. The Labute approximate surface area is 138 Å². The van der Waals surface area contributed by atoms with Crippen LogP contribution in [0.2, 0.25) is 0 Å². The van der Waals surface area contributed by atoms with Gasteiger partial charge in [0.15, 0.2) is 3.24 Å². The molecule has 2 fully saturated rings. The molecule has 0 saturated heterocycles. The molecule has 0 aromatic rings. The van der Waals surface area contributed by atoms with Crippen LogP contribution in [0.4, 0.5) is 0 Å². The lowest BCUT2D eigenvalue weighted by Gasteiger charge is -2.20. The minimum atomic E-state index is -0.895. The molecular formula is C14H21Br2Cl2. The van der Waals surface area contributed by atoms with Gasteiger partial charge in [-0.2, -0.15) is 0 Å². The Morgan fingerprint density at radius 3 is 1.72 bits per heavy atom. The summed E-state index contributed by atoms with van der Waals surface area (Å²) < 4.78 is -0.895. The van der Waals surface area contributed by atoms with Gasteiger partial charge in [-0.3, -0.25) is 0 Å². The Balaban J connectivity index is 2.19. The molecule has 1 radical (unpaired) electrons. The Morgan fingerprint density at radius 1 is 1.06 bits per heavy atom. The van der Waals surface area contributed by atoms with E-state index in [1.54, 1.807) is 5.92 Å². The molecule has 3 atom stereocenters. The summed E-state index contributed by atoms with van der Waals surface area (Å²) in [6, 6.07) is 0. The van der Waals surface area contributed by atoms with Crippen molar-refractivity contribution < 1.29 is 0 Å². The highest BCUT2D eigenvalue weighted by atomic mass is 79.9. The van der Waals surface area contributed by atoms with E-state index in [9.17, 15) is 0 Å². The van der Waals surface area contributed by atoms with E-state index < -0.39 is 3.24 Å². The molecule has 0 aromatic heterocycles. The van der Waals surface area contributed by atoms with Gasteiger partial charge in [-0.25, -0.2) is 0 Å². The fourth-order valence-electron chi connectivity index (χ4n) is 3.83. The zero-order valence-electron chi connectivity index (χ0n) is 11.7. The smallest absolute Gasteiger partial charge is 0.0875 e. The summed E-state index contributed by atoms with van der Waals surface area (Å²) in [5, 5.41) is 0. The van der Waals surface area contributed by atoms with Crippen molar-refractivity contribution in [3.8, 4) is 0 Å². The van der Waals surface area contributed by atoms with Crippen LogP contribution in [0.3, 0.4) is 0 Å². The maximum atomic E-state index is 6.20. The van der Waals surface area contributed by atoms with Crippen LogP contribution in [0.25, 0.3) is 0 Å². The van der Waals surface area contributed by atoms with Gasteiger partial charge in [0.05, 0.1) is 4.83 Å². The van der Waals surface area contributed by atoms with Gasteiger partial charge in [-0.05, 0) is 49.9 Å². The molecule has 0 aliphatic heterocycles. The van der Waals surface area contributed by atoms with Gasteiger partial charge in [0.25, 0.3) is 0 Å². The maximum absolute atomic E-state index is 6.20. The third-order valence-electron chi connectivity index (χ3n) is 5.70. The highest BCUT2D eigenvalue weighted by Gasteiger charge is 2.78. The molecule has 0 heterocycles. The largest absolute Gasteiger partial charge is 0.184 e. The average Bonchev–Trinajstić information content (AvgIpc) is 2.78. The van der Waals surface area contributed by atoms with Crippen LogP contribution in [-0.4, -0.2) is 8.07 Å². The molecule has 0 amide bonds. The summed E-state index contributed by atoms with van der Waals surface area (Å²) in [5.74, 6) is 2.78. The second-order valence-electron chi connectivity index (χ2n) is 7.43. The van der Waals surface area contributed by atoms with Crippen molar-refractivity contribution in [3.63, 3.8) is 0 Å². The second-order valence-corrected chi connectivity index (χ2v) is 12.0. The van der Waals surface area contributed by atoms with E-state index in [4.69, 9.17) is 23.2 Å². The van der Waals surface area contributed by atoms with Crippen molar-refractivity contribution in [1.82, 2.24) is 0 Å². The fourth-order valence-corrected chi connectivity index (χ4v) is 5.37. The lowest BCUT2D eigenvalue weighted by atomic mass is 10.0. The molecule has 0 N–H and O–H groups in total. The van der Waals surface area contributed by atoms with Crippen LogP contribution in [0, 0.1) is 34.0 Å². The van der Waals surface area contributed by atoms with E-state index in [0.29, 0.717) is 22.7 Å². The van der Waals surface area contributed by atoms with Crippen LogP contribution in [0.5, 0.6) is 0 Å². The van der Waals surface area contributed by atoms with E-state index in [0.717, 1.165) is 0 Å². The number of alkyl halides is 4. The Bertz CT molecular complexity index is 354. The van der Waals surface area contributed by atoms with Gasteiger partial charge in [-0.1, -0.05) is 80.7 Å². The zero-order valence-corrected chi connectivity index (χ0v) is 16.4. The van der Waals surface area contributed by atoms with Crippen molar-refractivity contribution in [2.45, 2.75) is 49.6 Å². The monoisotopic (exact) mass is 417 g/mol. The van der Waals surface area contributed by atoms with Gasteiger partial charge in [-0.15, -0.1) is 0 Å². The third-order valence-corrected chi connectivity index (χ3v) is 9.06. The molecule has 18 heavy (non-hydrogen) atoms. The van der Waals surface area contributed by atoms with Crippen LogP contribution < -0.4 is 0 Å². The SMILES string of the molecule is CC1(C)C([C]2C(C)(C)C2(C)C)C1C(Br)C(Cl)(Cl)Br. The van der Waals surface area contributed by atoms with Crippen molar-refractivity contribution in [1.29, 1.82) is 0 Å². The first-order valence-electron chi connectivity index (χ1n) is 6.36. The molecule has 0 aromatic carbocycles. The van der Waals surface area contributed by atoms with Crippen molar-refractivity contribution in [2.75, 3.05) is 0 Å². The average molecular weight is 420 g/mol. The number of hydrogen-bond acceptors (Lipinski definition) is 0.